The summed E-state index contributed by atoms with van der Waals surface area (Å²) >= 11 is 0. The second-order valence-electron chi connectivity index (χ2n) is 6.46. The molecule has 1 amide bonds. The van der Waals surface area contributed by atoms with Gasteiger partial charge >= 0.3 is 0 Å². The molecule has 0 saturated carbocycles. The number of amides is 1. The quantitative estimate of drug-likeness (QED) is 0.748. The average molecular weight is 363 g/mol. The van der Waals surface area contributed by atoms with Gasteiger partial charge in [0, 0.05) is 5.39 Å². The first-order chi connectivity index (χ1) is 13.2. The van der Waals surface area contributed by atoms with Crippen molar-refractivity contribution in [3.63, 3.8) is 0 Å². The smallest absolute Gasteiger partial charge is 0.258 e. The molecule has 0 bridgehead atoms. The number of ether oxygens (including phenoxy) is 3. The van der Waals surface area contributed by atoms with Crippen molar-refractivity contribution in [2.24, 2.45) is 0 Å². The maximum atomic E-state index is 12.3. The molecule has 3 aromatic carbocycles. The molecule has 1 aliphatic heterocycles. The van der Waals surface area contributed by atoms with Crippen molar-refractivity contribution in [1.29, 1.82) is 0 Å². The second-order valence-corrected chi connectivity index (χ2v) is 6.46. The number of hydrogen-bond donors (Lipinski definition) is 1. The molecular weight excluding hydrogens is 342 g/mol. The molecule has 0 aliphatic carbocycles. The van der Waals surface area contributed by atoms with Gasteiger partial charge < -0.3 is 19.5 Å². The molecule has 1 atom stereocenters. The highest BCUT2D eigenvalue weighted by molar-refractivity contribution is 5.88. The summed E-state index contributed by atoms with van der Waals surface area (Å²) in [5.41, 5.74) is 0.956. The van der Waals surface area contributed by atoms with E-state index in [-0.39, 0.29) is 18.6 Å². The zero-order valence-corrected chi connectivity index (χ0v) is 15.1. The van der Waals surface area contributed by atoms with E-state index in [1.54, 1.807) is 0 Å². The summed E-state index contributed by atoms with van der Waals surface area (Å²) in [5, 5.41) is 5.04. The molecule has 0 fully saturated rings. The summed E-state index contributed by atoms with van der Waals surface area (Å²) < 4.78 is 16.9. The number of benzene rings is 3. The van der Waals surface area contributed by atoms with Crippen molar-refractivity contribution in [2.75, 3.05) is 19.8 Å². The van der Waals surface area contributed by atoms with Crippen molar-refractivity contribution in [1.82, 2.24) is 5.32 Å². The molecule has 0 spiro atoms. The first-order valence-electron chi connectivity index (χ1n) is 9.00. The molecule has 1 heterocycles. The molecule has 1 N–H and O–H groups in total. The molecule has 4 rings (SSSR count). The Morgan fingerprint density at radius 2 is 1.81 bits per heavy atom. The fourth-order valence-electron chi connectivity index (χ4n) is 3.16. The molecule has 138 valence electrons. The van der Waals surface area contributed by atoms with Crippen LogP contribution in [0, 0.1) is 0 Å². The summed E-state index contributed by atoms with van der Waals surface area (Å²) in [4.78, 5) is 12.3. The molecule has 0 aromatic heterocycles. The third-order valence-electron chi connectivity index (χ3n) is 4.55. The van der Waals surface area contributed by atoms with Crippen molar-refractivity contribution >= 4 is 16.7 Å². The summed E-state index contributed by atoms with van der Waals surface area (Å²) in [6.07, 6.45) is 0. The highest BCUT2D eigenvalue weighted by atomic mass is 16.6. The SMILES string of the molecule is C[C@H](NC(=O)COc1cccc2ccccc12)c1ccc2c(c1)OCCO2. The molecule has 3 aromatic rings. The third kappa shape index (κ3) is 3.82. The van der Waals surface area contributed by atoms with E-state index in [0.29, 0.717) is 24.7 Å². The summed E-state index contributed by atoms with van der Waals surface area (Å²) in [5.74, 6) is 1.98. The van der Waals surface area contributed by atoms with Gasteiger partial charge in [0.2, 0.25) is 0 Å². The monoisotopic (exact) mass is 363 g/mol. The molecule has 0 unspecified atom stereocenters. The van der Waals surface area contributed by atoms with E-state index < -0.39 is 0 Å². The number of rotatable bonds is 5. The van der Waals surface area contributed by atoms with E-state index in [1.165, 1.54) is 0 Å². The predicted octanol–water partition coefficient (Wildman–Crippen LogP) is 3.87. The van der Waals surface area contributed by atoms with Gasteiger partial charge in [-0.1, -0.05) is 42.5 Å². The van der Waals surface area contributed by atoms with Crippen LogP contribution in [0.3, 0.4) is 0 Å². The fourth-order valence-corrected chi connectivity index (χ4v) is 3.16. The largest absolute Gasteiger partial charge is 0.486 e. The van der Waals surface area contributed by atoms with E-state index in [2.05, 4.69) is 5.32 Å². The first kappa shape index (κ1) is 17.2. The van der Waals surface area contributed by atoms with Crippen molar-refractivity contribution < 1.29 is 19.0 Å². The van der Waals surface area contributed by atoms with E-state index in [9.17, 15) is 4.79 Å². The van der Waals surface area contributed by atoms with Crippen molar-refractivity contribution in [3.05, 3.63) is 66.2 Å². The Hall–Kier alpha value is -3.21. The van der Waals surface area contributed by atoms with E-state index in [4.69, 9.17) is 14.2 Å². The third-order valence-corrected chi connectivity index (χ3v) is 4.55. The number of hydrogen-bond acceptors (Lipinski definition) is 4. The highest BCUT2D eigenvalue weighted by Crippen LogP contribution is 2.32. The summed E-state index contributed by atoms with van der Waals surface area (Å²) in [6.45, 7) is 2.99. The van der Waals surface area contributed by atoms with Crippen molar-refractivity contribution in [3.8, 4) is 17.2 Å². The number of fused-ring (bicyclic) bond motifs is 2. The Kier molecular flexibility index (Phi) is 4.83. The minimum Gasteiger partial charge on any atom is -0.486 e. The lowest BCUT2D eigenvalue weighted by Crippen LogP contribution is -2.31. The maximum absolute atomic E-state index is 12.3. The van der Waals surface area contributed by atoms with Crippen LogP contribution in [0.15, 0.2) is 60.7 Å². The molecule has 27 heavy (non-hydrogen) atoms. The topological polar surface area (TPSA) is 56.8 Å². The molecule has 0 saturated heterocycles. The Morgan fingerprint density at radius 1 is 1.04 bits per heavy atom. The first-order valence-corrected chi connectivity index (χ1v) is 9.00. The van der Waals surface area contributed by atoms with Crippen LogP contribution in [-0.2, 0) is 4.79 Å². The standard InChI is InChI=1S/C22H21NO4/c1-15(17-9-10-20-21(13-17)26-12-11-25-20)23-22(24)14-27-19-8-4-6-16-5-2-3-7-18(16)19/h2-10,13,15H,11-12,14H2,1H3,(H,23,24)/t15-/m0/s1. The van der Waals surface area contributed by atoms with Crippen LogP contribution < -0.4 is 19.5 Å². The maximum Gasteiger partial charge on any atom is 0.258 e. The van der Waals surface area contributed by atoms with Crippen molar-refractivity contribution in [2.45, 2.75) is 13.0 Å². The highest BCUT2D eigenvalue weighted by Gasteiger charge is 2.16. The Bertz CT molecular complexity index is 964. The second kappa shape index (κ2) is 7.58. The Morgan fingerprint density at radius 3 is 2.70 bits per heavy atom. The predicted molar refractivity (Wildman–Crippen MR) is 103 cm³/mol. The zero-order valence-electron chi connectivity index (χ0n) is 15.1. The Balaban J connectivity index is 1.39. The van der Waals surface area contributed by atoms with Crippen LogP contribution in [0.2, 0.25) is 0 Å². The van der Waals surface area contributed by atoms with Crippen LogP contribution in [0.4, 0.5) is 0 Å². The van der Waals surface area contributed by atoms with Gasteiger partial charge in [-0.2, -0.15) is 0 Å². The molecule has 0 radical (unpaired) electrons. The molecule has 5 nitrogen and oxygen atoms in total. The molecule has 5 heteroatoms. The van der Waals surface area contributed by atoms with E-state index >= 15 is 0 Å². The van der Waals surface area contributed by atoms with Gasteiger partial charge in [0.25, 0.3) is 5.91 Å². The van der Waals surface area contributed by atoms with Gasteiger partial charge in [0.05, 0.1) is 6.04 Å². The Labute approximate surface area is 157 Å². The van der Waals surface area contributed by atoms with Crippen LogP contribution >= 0.6 is 0 Å². The average Bonchev–Trinajstić information content (AvgIpc) is 2.71. The number of nitrogens with one attached hydrogen (secondary N) is 1. The minimum absolute atomic E-state index is 0.0388. The summed E-state index contributed by atoms with van der Waals surface area (Å²) in [7, 11) is 0. The van der Waals surface area contributed by atoms with Crippen LogP contribution in [0.1, 0.15) is 18.5 Å². The molecular formula is C22H21NO4. The fraction of sp³-hybridized carbons (Fsp3) is 0.227. The lowest BCUT2D eigenvalue weighted by molar-refractivity contribution is -0.123. The van der Waals surface area contributed by atoms with Crippen LogP contribution in [-0.4, -0.2) is 25.7 Å². The van der Waals surface area contributed by atoms with Gasteiger partial charge in [0.1, 0.15) is 19.0 Å². The van der Waals surface area contributed by atoms with Crippen LogP contribution in [0.25, 0.3) is 10.8 Å². The number of carbonyl (C=O) groups is 1. The molecule has 1 aliphatic rings. The summed E-state index contributed by atoms with van der Waals surface area (Å²) in [6, 6.07) is 19.3. The number of carbonyl (C=O) groups excluding carboxylic acids is 1. The van der Waals surface area contributed by atoms with Gasteiger partial charge in [-0.15, -0.1) is 0 Å². The van der Waals surface area contributed by atoms with E-state index in [1.807, 2.05) is 67.6 Å². The van der Waals surface area contributed by atoms with Crippen LogP contribution in [0.5, 0.6) is 17.2 Å². The lowest BCUT2D eigenvalue weighted by Gasteiger charge is -2.21. The van der Waals surface area contributed by atoms with Gasteiger partial charge in [-0.3, -0.25) is 4.79 Å². The van der Waals surface area contributed by atoms with Gasteiger partial charge in [0.15, 0.2) is 18.1 Å². The minimum atomic E-state index is -0.176. The lowest BCUT2D eigenvalue weighted by atomic mass is 10.1. The van der Waals surface area contributed by atoms with Gasteiger partial charge in [-0.05, 0) is 36.1 Å². The van der Waals surface area contributed by atoms with E-state index in [0.717, 1.165) is 22.1 Å². The zero-order chi connectivity index (χ0) is 18.6. The van der Waals surface area contributed by atoms with Gasteiger partial charge in [-0.25, -0.2) is 0 Å². The normalized spacial score (nSPS) is 13.8.